The van der Waals surface area contributed by atoms with Crippen LogP contribution in [0, 0.1) is 0 Å². The Hall–Kier alpha value is -2.08. The molecule has 1 aliphatic rings. The van der Waals surface area contributed by atoms with E-state index in [0.717, 1.165) is 11.3 Å². The summed E-state index contributed by atoms with van der Waals surface area (Å²) >= 11 is 0. The summed E-state index contributed by atoms with van der Waals surface area (Å²) in [5.41, 5.74) is 7.03. The lowest BCUT2D eigenvalue weighted by Gasteiger charge is -2.34. The topological polar surface area (TPSA) is 75.9 Å². The van der Waals surface area contributed by atoms with Crippen molar-refractivity contribution >= 4 is 11.8 Å². The van der Waals surface area contributed by atoms with E-state index in [4.69, 9.17) is 10.5 Å². The number of piperazine rings is 1. The average Bonchev–Trinajstić information content (AvgIpc) is 2.50. The zero-order valence-corrected chi connectivity index (χ0v) is 12.4. The Bertz CT molecular complexity index is 533. The number of carbonyl (C=O) groups is 2. The predicted molar refractivity (Wildman–Crippen MR) is 78.8 cm³/mol. The van der Waals surface area contributed by atoms with Crippen molar-refractivity contribution in [2.45, 2.75) is 13.0 Å². The van der Waals surface area contributed by atoms with E-state index in [2.05, 4.69) is 0 Å². The van der Waals surface area contributed by atoms with Crippen LogP contribution in [0.4, 0.5) is 0 Å². The van der Waals surface area contributed by atoms with Gasteiger partial charge in [0.15, 0.2) is 0 Å². The first kappa shape index (κ1) is 15.3. The SMILES string of the molecule is CCN1CC(=O)N(CC(N)c2cccc(OC)c2)CC1=O. The van der Waals surface area contributed by atoms with Gasteiger partial charge in [-0.05, 0) is 24.6 Å². The van der Waals surface area contributed by atoms with Crippen molar-refractivity contribution in [3.8, 4) is 5.75 Å². The van der Waals surface area contributed by atoms with Gasteiger partial charge in [0.1, 0.15) is 5.75 Å². The second-order valence-corrected chi connectivity index (χ2v) is 5.07. The molecule has 0 radical (unpaired) electrons. The molecule has 2 N–H and O–H groups in total. The highest BCUT2D eigenvalue weighted by atomic mass is 16.5. The van der Waals surface area contributed by atoms with Gasteiger partial charge in [-0.15, -0.1) is 0 Å². The van der Waals surface area contributed by atoms with Gasteiger partial charge < -0.3 is 20.3 Å². The quantitative estimate of drug-likeness (QED) is 0.851. The second-order valence-electron chi connectivity index (χ2n) is 5.07. The molecule has 1 aromatic rings. The monoisotopic (exact) mass is 291 g/mol. The van der Waals surface area contributed by atoms with Crippen molar-refractivity contribution < 1.29 is 14.3 Å². The number of methoxy groups -OCH3 is 1. The van der Waals surface area contributed by atoms with Crippen LogP contribution in [0.5, 0.6) is 5.75 Å². The fourth-order valence-electron chi connectivity index (χ4n) is 2.37. The largest absolute Gasteiger partial charge is 0.497 e. The van der Waals surface area contributed by atoms with Gasteiger partial charge >= 0.3 is 0 Å². The molecule has 114 valence electrons. The molecule has 0 aliphatic carbocycles. The maximum Gasteiger partial charge on any atom is 0.242 e. The fourth-order valence-corrected chi connectivity index (χ4v) is 2.37. The molecule has 1 heterocycles. The molecule has 1 fully saturated rings. The molecule has 0 bridgehead atoms. The number of nitrogens with zero attached hydrogens (tertiary/aromatic N) is 2. The third kappa shape index (κ3) is 3.52. The first-order valence-corrected chi connectivity index (χ1v) is 7.00. The van der Waals surface area contributed by atoms with Crippen LogP contribution in [0.2, 0.25) is 0 Å². The van der Waals surface area contributed by atoms with Crippen LogP contribution in [0.15, 0.2) is 24.3 Å². The third-order valence-electron chi connectivity index (χ3n) is 3.68. The Labute approximate surface area is 124 Å². The van der Waals surface area contributed by atoms with Crippen LogP contribution in [0.25, 0.3) is 0 Å². The van der Waals surface area contributed by atoms with E-state index < -0.39 is 0 Å². The molecule has 0 spiro atoms. The number of benzene rings is 1. The van der Waals surface area contributed by atoms with Crippen molar-refractivity contribution in [1.29, 1.82) is 0 Å². The zero-order valence-electron chi connectivity index (χ0n) is 12.4. The summed E-state index contributed by atoms with van der Waals surface area (Å²) in [4.78, 5) is 27.0. The maximum absolute atomic E-state index is 12.1. The summed E-state index contributed by atoms with van der Waals surface area (Å²) in [5, 5.41) is 0. The molecule has 1 aliphatic heterocycles. The Morgan fingerprint density at radius 1 is 1.24 bits per heavy atom. The lowest BCUT2D eigenvalue weighted by Crippen LogP contribution is -2.54. The van der Waals surface area contributed by atoms with Gasteiger partial charge in [-0.2, -0.15) is 0 Å². The molecule has 6 nitrogen and oxygen atoms in total. The molecule has 1 aromatic carbocycles. The van der Waals surface area contributed by atoms with Gasteiger partial charge in [0.2, 0.25) is 11.8 Å². The van der Waals surface area contributed by atoms with Crippen LogP contribution in [0.3, 0.4) is 0 Å². The Morgan fingerprint density at radius 2 is 1.90 bits per heavy atom. The summed E-state index contributed by atoms with van der Waals surface area (Å²) < 4.78 is 5.16. The van der Waals surface area contributed by atoms with Gasteiger partial charge in [-0.25, -0.2) is 0 Å². The van der Waals surface area contributed by atoms with E-state index in [-0.39, 0.29) is 30.9 Å². The highest BCUT2D eigenvalue weighted by Gasteiger charge is 2.29. The number of likely N-dealkylation sites (N-methyl/N-ethyl adjacent to an activating group) is 1. The number of hydrogen-bond donors (Lipinski definition) is 1. The van der Waals surface area contributed by atoms with E-state index in [9.17, 15) is 9.59 Å². The molecule has 0 saturated carbocycles. The standard InChI is InChI=1S/C15H21N3O3/c1-3-17-9-15(20)18(10-14(17)19)8-13(16)11-5-4-6-12(7-11)21-2/h4-7,13H,3,8-10,16H2,1-2H3. The van der Waals surface area contributed by atoms with E-state index in [1.54, 1.807) is 12.0 Å². The summed E-state index contributed by atoms with van der Waals surface area (Å²) in [5.74, 6) is 0.630. The molecular formula is C15H21N3O3. The third-order valence-corrected chi connectivity index (χ3v) is 3.68. The number of amides is 2. The molecule has 2 amide bonds. The summed E-state index contributed by atoms with van der Waals surface area (Å²) in [6, 6.07) is 7.09. The van der Waals surface area contributed by atoms with Crippen LogP contribution in [0.1, 0.15) is 18.5 Å². The van der Waals surface area contributed by atoms with Crippen molar-refractivity contribution in [1.82, 2.24) is 9.80 Å². The molecule has 1 atom stereocenters. The summed E-state index contributed by atoms with van der Waals surface area (Å²) in [6.07, 6.45) is 0. The van der Waals surface area contributed by atoms with E-state index in [1.807, 2.05) is 31.2 Å². The number of carbonyl (C=O) groups excluding carboxylic acids is 2. The zero-order chi connectivity index (χ0) is 15.4. The molecule has 6 heteroatoms. The van der Waals surface area contributed by atoms with Gasteiger partial charge in [0.05, 0.1) is 20.2 Å². The molecule has 2 rings (SSSR count). The molecule has 1 unspecified atom stereocenters. The molecular weight excluding hydrogens is 270 g/mol. The smallest absolute Gasteiger partial charge is 0.242 e. The maximum atomic E-state index is 12.1. The lowest BCUT2D eigenvalue weighted by atomic mass is 10.1. The highest BCUT2D eigenvalue weighted by Crippen LogP contribution is 2.19. The van der Waals surface area contributed by atoms with Crippen molar-refractivity contribution in [2.24, 2.45) is 5.73 Å². The first-order chi connectivity index (χ1) is 10.0. The minimum atomic E-state index is -0.343. The highest BCUT2D eigenvalue weighted by molar-refractivity contribution is 5.92. The molecule has 0 aromatic heterocycles. The van der Waals surface area contributed by atoms with Crippen LogP contribution < -0.4 is 10.5 Å². The van der Waals surface area contributed by atoms with E-state index in [0.29, 0.717) is 13.1 Å². The van der Waals surface area contributed by atoms with Crippen molar-refractivity contribution in [3.63, 3.8) is 0 Å². The van der Waals surface area contributed by atoms with Gasteiger partial charge in [-0.3, -0.25) is 9.59 Å². The number of nitrogens with two attached hydrogens (primary N) is 1. The van der Waals surface area contributed by atoms with Gasteiger partial charge in [0.25, 0.3) is 0 Å². The molecule has 1 saturated heterocycles. The molecule has 21 heavy (non-hydrogen) atoms. The van der Waals surface area contributed by atoms with Crippen LogP contribution in [-0.2, 0) is 9.59 Å². The minimum absolute atomic E-state index is 0.0325. The summed E-state index contributed by atoms with van der Waals surface area (Å²) in [7, 11) is 1.59. The van der Waals surface area contributed by atoms with Crippen molar-refractivity contribution in [2.75, 3.05) is 33.3 Å². The van der Waals surface area contributed by atoms with Crippen LogP contribution >= 0.6 is 0 Å². The number of hydrogen-bond acceptors (Lipinski definition) is 4. The first-order valence-electron chi connectivity index (χ1n) is 7.00. The predicted octanol–water partition coefficient (Wildman–Crippen LogP) is 0.386. The van der Waals surface area contributed by atoms with Crippen molar-refractivity contribution in [3.05, 3.63) is 29.8 Å². The normalized spacial score (nSPS) is 17.1. The van der Waals surface area contributed by atoms with Gasteiger partial charge in [-0.1, -0.05) is 12.1 Å². The number of ether oxygens (including phenoxy) is 1. The average molecular weight is 291 g/mol. The Morgan fingerprint density at radius 3 is 2.57 bits per heavy atom. The minimum Gasteiger partial charge on any atom is -0.497 e. The Balaban J connectivity index is 2.03. The van der Waals surface area contributed by atoms with Crippen LogP contribution in [-0.4, -0.2) is 54.9 Å². The van der Waals surface area contributed by atoms with Gasteiger partial charge in [0, 0.05) is 19.1 Å². The van der Waals surface area contributed by atoms with E-state index >= 15 is 0 Å². The summed E-state index contributed by atoms with van der Waals surface area (Å²) in [6.45, 7) is 2.99. The fraction of sp³-hybridized carbons (Fsp3) is 0.467. The second kappa shape index (κ2) is 6.58. The lowest BCUT2D eigenvalue weighted by molar-refractivity contribution is -0.150. The number of rotatable bonds is 5. The van der Waals surface area contributed by atoms with E-state index in [1.165, 1.54) is 4.90 Å². The Kier molecular flexibility index (Phi) is 4.80.